The second kappa shape index (κ2) is 6.23. The fourth-order valence-corrected chi connectivity index (χ4v) is 4.79. The molecule has 3 rings (SSSR count). The monoisotopic (exact) mass is 434 g/mol. The third-order valence-electron chi connectivity index (χ3n) is 3.12. The summed E-state index contributed by atoms with van der Waals surface area (Å²) in [6.07, 6.45) is 2.45. The minimum Gasteiger partial charge on any atom is -0.309 e. The van der Waals surface area contributed by atoms with E-state index in [1.54, 1.807) is 18.2 Å². The van der Waals surface area contributed by atoms with Crippen molar-refractivity contribution in [3.8, 4) is 0 Å². The predicted octanol–water partition coefficient (Wildman–Crippen LogP) is 3.41. The molecule has 7 heteroatoms. The Morgan fingerprint density at radius 3 is 2.76 bits per heavy atom. The van der Waals surface area contributed by atoms with Crippen LogP contribution >= 0.6 is 33.9 Å². The van der Waals surface area contributed by atoms with E-state index in [2.05, 4.69) is 32.6 Å². The standard InChI is InChI=1S/C14H15IN2O2S2/c15-10-2-1-3-12(8-10)17-21(18,19)14-7-6-13(20-14)9-16-11-4-5-11/h1-3,6-8,11,16-17H,4-5,9H2. The fourth-order valence-electron chi connectivity index (χ4n) is 1.89. The van der Waals surface area contributed by atoms with Crippen LogP contribution in [0.5, 0.6) is 0 Å². The molecule has 0 spiro atoms. The first kappa shape index (κ1) is 15.3. The number of hydrogen-bond donors (Lipinski definition) is 2. The molecular weight excluding hydrogens is 419 g/mol. The first-order valence-corrected chi connectivity index (χ1v) is 10.0. The first-order chi connectivity index (χ1) is 10.0. The maximum absolute atomic E-state index is 12.4. The Morgan fingerprint density at radius 2 is 2.05 bits per heavy atom. The normalized spacial score (nSPS) is 15.1. The first-order valence-electron chi connectivity index (χ1n) is 6.63. The number of anilines is 1. The Kier molecular flexibility index (Phi) is 4.53. The number of halogens is 1. The molecular formula is C14H15IN2O2S2. The summed E-state index contributed by atoms with van der Waals surface area (Å²) in [5.41, 5.74) is 0.591. The number of hydrogen-bond acceptors (Lipinski definition) is 4. The van der Waals surface area contributed by atoms with Crippen LogP contribution in [0.25, 0.3) is 0 Å². The zero-order valence-electron chi connectivity index (χ0n) is 11.2. The van der Waals surface area contributed by atoms with Crippen molar-refractivity contribution in [2.45, 2.75) is 29.6 Å². The van der Waals surface area contributed by atoms with Crippen molar-refractivity contribution in [3.05, 3.63) is 44.8 Å². The van der Waals surface area contributed by atoms with Gasteiger partial charge in [-0.15, -0.1) is 11.3 Å². The van der Waals surface area contributed by atoms with E-state index in [0.29, 0.717) is 15.9 Å². The molecule has 0 bridgehead atoms. The Bertz CT molecular complexity index is 739. The molecule has 2 aromatic rings. The number of benzene rings is 1. The number of rotatable bonds is 6. The highest BCUT2D eigenvalue weighted by Gasteiger charge is 2.21. The lowest BCUT2D eigenvalue weighted by Crippen LogP contribution is -2.14. The van der Waals surface area contributed by atoms with Crippen molar-refractivity contribution in [2.24, 2.45) is 0 Å². The van der Waals surface area contributed by atoms with Crippen LogP contribution in [0, 0.1) is 3.57 Å². The molecule has 1 aliphatic carbocycles. The molecule has 2 N–H and O–H groups in total. The summed E-state index contributed by atoms with van der Waals surface area (Å²) in [6.45, 7) is 0.744. The van der Waals surface area contributed by atoms with E-state index in [1.807, 2.05) is 18.2 Å². The Hall–Kier alpha value is -0.640. The molecule has 112 valence electrons. The second-order valence-corrected chi connectivity index (χ2v) is 9.31. The van der Waals surface area contributed by atoms with Gasteiger partial charge in [0, 0.05) is 26.7 Å². The van der Waals surface area contributed by atoms with Crippen LogP contribution in [0.15, 0.2) is 40.6 Å². The lowest BCUT2D eigenvalue weighted by molar-refractivity contribution is 0.603. The maximum Gasteiger partial charge on any atom is 0.271 e. The lowest BCUT2D eigenvalue weighted by Gasteiger charge is -2.06. The smallest absolute Gasteiger partial charge is 0.271 e. The van der Waals surface area contributed by atoms with E-state index >= 15 is 0 Å². The van der Waals surface area contributed by atoms with Crippen LogP contribution in [-0.2, 0) is 16.6 Å². The van der Waals surface area contributed by atoms with Crippen molar-refractivity contribution in [1.29, 1.82) is 0 Å². The number of thiophene rings is 1. The van der Waals surface area contributed by atoms with Gasteiger partial charge in [-0.1, -0.05) is 6.07 Å². The molecule has 0 unspecified atom stereocenters. The highest BCUT2D eigenvalue weighted by molar-refractivity contribution is 14.1. The van der Waals surface area contributed by atoms with Crippen LogP contribution in [0.1, 0.15) is 17.7 Å². The summed E-state index contributed by atoms with van der Waals surface area (Å²) in [5, 5.41) is 3.39. The van der Waals surface area contributed by atoms with Crippen LogP contribution in [0.4, 0.5) is 5.69 Å². The Morgan fingerprint density at radius 1 is 1.24 bits per heavy atom. The van der Waals surface area contributed by atoms with Crippen LogP contribution in [-0.4, -0.2) is 14.5 Å². The van der Waals surface area contributed by atoms with E-state index in [0.717, 1.165) is 15.0 Å². The quantitative estimate of drug-likeness (QED) is 0.686. The van der Waals surface area contributed by atoms with E-state index in [-0.39, 0.29) is 0 Å². The molecule has 21 heavy (non-hydrogen) atoms. The van der Waals surface area contributed by atoms with Gasteiger partial charge in [-0.3, -0.25) is 4.72 Å². The molecule has 0 atom stereocenters. The summed E-state index contributed by atoms with van der Waals surface area (Å²) < 4.78 is 28.7. The largest absolute Gasteiger partial charge is 0.309 e. The average Bonchev–Trinajstić information content (AvgIpc) is 3.12. The van der Waals surface area contributed by atoms with Gasteiger partial charge in [-0.05, 0) is 65.8 Å². The van der Waals surface area contributed by atoms with E-state index in [1.165, 1.54) is 24.2 Å². The van der Waals surface area contributed by atoms with Crippen molar-refractivity contribution in [1.82, 2.24) is 5.32 Å². The zero-order chi connectivity index (χ0) is 14.9. The third-order valence-corrected chi connectivity index (χ3v) is 6.75. The summed E-state index contributed by atoms with van der Waals surface area (Å²) in [6, 6.07) is 11.5. The van der Waals surface area contributed by atoms with Gasteiger partial charge in [0.1, 0.15) is 4.21 Å². The van der Waals surface area contributed by atoms with Crippen molar-refractivity contribution in [3.63, 3.8) is 0 Å². The molecule has 1 saturated carbocycles. The van der Waals surface area contributed by atoms with Gasteiger partial charge in [0.15, 0.2) is 0 Å². The van der Waals surface area contributed by atoms with Gasteiger partial charge in [-0.2, -0.15) is 0 Å². The maximum atomic E-state index is 12.4. The molecule has 4 nitrogen and oxygen atoms in total. The molecule has 0 aliphatic heterocycles. The Labute approximate surface area is 142 Å². The van der Waals surface area contributed by atoms with Crippen molar-refractivity contribution < 1.29 is 8.42 Å². The molecule has 1 aromatic heterocycles. The predicted molar refractivity (Wildman–Crippen MR) is 94.1 cm³/mol. The van der Waals surface area contributed by atoms with Crippen LogP contribution in [0.2, 0.25) is 0 Å². The van der Waals surface area contributed by atoms with E-state index in [9.17, 15) is 8.42 Å². The van der Waals surface area contributed by atoms with Gasteiger partial charge >= 0.3 is 0 Å². The molecule has 1 heterocycles. The van der Waals surface area contributed by atoms with Crippen molar-refractivity contribution >= 4 is 49.6 Å². The van der Waals surface area contributed by atoms with Crippen LogP contribution in [0.3, 0.4) is 0 Å². The SMILES string of the molecule is O=S(=O)(Nc1cccc(I)c1)c1ccc(CNC2CC2)s1. The molecule has 1 aromatic carbocycles. The summed E-state index contributed by atoms with van der Waals surface area (Å²) >= 11 is 3.48. The average molecular weight is 434 g/mol. The number of sulfonamides is 1. The lowest BCUT2D eigenvalue weighted by atomic mass is 10.3. The van der Waals surface area contributed by atoms with Gasteiger partial charge < -0.3 is 5.32 Å². The second-order valence-electron chi connectivity index (χ2n) is 4.99. The minimum absolute atomic E-state index is 0.356. The van der Waals surface area contributed by atoms with Gasteiger partial charge in [0.05, 0.1) is 0 Å². The highest BCUT2D eigenvalue weighted by Crippen LogP contribution is 2.26. The number of nitrogens with one attached hydrogen (secondary N) is 2. The van der Waals surface area contributed by atoms with Crippen molar-refractivity contribution in [2.75, 3.05) is 4.72 Å². The molecule has 1 aliphatic rings. The summed E-state index contributed by atoms with van der Waals surface area (Å²) in [4.78, 5) is 1.05. The van der Waals surface area contributed by atoms with E-state index < -0.39 is 10.0 Å². The minimum atomic E-state index is -3.49. The third kappa shape index (κ3) is 4.18. The molecule has 1 fully saturated rings. The van der Waals surface area contributed by atoms with Crippen LogP contribution < -0.4 is 10.0 Å². The van der Waals surface area contributed by atoms with Gasteiger partial charge in [0.2, 0.25) is 0 Å². The fraction of sp³-hybridized carbons (Fsp3) is 0.286. The summed E-state index contributed by atoms with van der Waals surface area (Å²) in [5.74, 6) is 0. The van der Waals surface area contributed by atoms with Gasteiger partial charge in [0.25, 0.3) is 10.0 Å². The Balaban J connectivity index is 1.71. The van der Waals surface area contributed by atoms with E-state index in [4.69, 9.17) is 0 Å². The topological polar surface area (TPSA) is 58.2 Å². The summed E-state index contributed by atoms with van der Waals surface area (Å²) in [7, 11) is -3.49. The molecule has 0 radical (unpaired) electrons. The zero-order valence-corrected chi connectivity index (χ0v) is 15.0. The molecule has 0 saturated heterocycles. The van der Waals surface area contributed by atoms with Gasteiger partial charge in [-0.25, -0.2) is 8.42 Å². The highest BCUT2D eigenvalue weighted by atomic mass is 127. The molecule has 0 amide bonds.